The zero-order valence-electron chi connectivity index (χ0n) is 6.45. The van der Waals surface area contributed by atoms with Crippen LogP contribution >= 0.6 is 0 Å². The second-order valence-electron chi connectivity index (χ2n) is 2.01. The molecule has 0 amide bonds. The summed E-state index contributed by atoms with van der Waals surface area (Å²) < 4.78 is 4.50. The van der Waals surface area contributed by atoms with Crippen LogP contribution in [0.25, 0.3) is 0 Å². The summed E-state index contributed by atoms with van der Waals surface area (Å²) in [6.07, 6.45) is -0.176. The van der Waals surface area contributed by atoms with Crippen LogP contribution in [-0.2, 0) is 14.3 Å². The molecule has 0 aromatic heterocycles. The van der Waals surface area contributed by atoms with Gasteiger partial charge in [0.05, 0.1) is 6.61 Å². The van der Waals surface area contributed by atoms with E-state index in [1.54, 1.807) is 6.92 Å². The van der Waals surface area contributed by atoms with Gasteiger partial charge < -0.3 is 14.6 Å². The molecule has 0 rings (SSSR count). The van der Waals surface area contributed by atoms with Crippen LogP contribution in [-0.4, -0.2) is 30.1 Å². The summed E-state index contributed by atoms with van der Waals surface area (Å²) in [6.45, 7) is 1.90. The van der Waals surface area contributed by atoms with Crippen molar-refractivity contribution >= 4 is 12.3 Å². The van der Waals surface area contributed by atoms with E-state index in [-0.39, 0.29) is 19.4 Å². The molecule has 1 N–H and O–H groups in total. The molecule has 0 aromatic rings. The van der Waals surface area contributed by atoms with Gasteiger partial charge in [0, 0.05) is 6.42 Å². The first-order valence-electron chi connectivity index (χ1n) is 3.50. The molecule has 0 radical (unpaired) electrons. The second kappa shape index (κ2) is 5.85. The summed E-state index contributed by atoms with van der Waals surface area (Å²) in [5.74, 6) is -0.658. The number of ether oxygens (including phenoxy) is 1. The highest BCUT2D eigenvalue weighted by atomic mass is 16.5. The summed E-state index contributed by atoms with van der Waals surface area (Å²) in [5.41, 5.74) is 0. The second-order valence-corrected chi connectivity index (χ2v) is 2.01. The molecule has 0 aliphatic heterocycles. The maximum Gasteiger partial charge on any atom is 0.334 e. The van der Waals surface area contributed by atoms with E-state index < -0.39 is 12.1 Å². The topological polar surface area (TPSA) is 63.6 Å². The van der Waals surface area contributed by atoms with Crippen LogP contribution < -0.4 is 0 Å². The quantitative estimate of drug-likeness (QED) is 0.450. The van der Waals surface area contributed by atoms with Gasteiger partial charge in [0.15, 0.2) is 6.10 Å². The molecule has 4 nitrogen and oxygen atoms in total. The highest BCUT2D eigenvalue weighted by molar-refractivity contribution is 5.74. The molecule has 64 valence electrons. The van der Waals surface area contributed by atoms with Crippen LogP contribution in [0.4, 0.5) is 0 Å². The molecule has 4 heteroatoms. The Morgan fingerprint density at radius 1 is 1.73 bits per heavy atom. The van der Waals surface area contributed by atoms with Crippen molar-refractivity contribution in [1.82, 2.24) is 0 Å². The van der Waals surface area contributed by atoms with Gasteiger partial charge in [-0.05, 0) is 13.3 Å². The molecule has 0 aliphatic carbocycles. The number of aliphatic hydroxyl groups excluding tert-OH is 1. The number of carbonyl (C=O) groups excluding carboxylic acids is 2. The van der Waals surface area contributed by atoms with E-state index in [4.69, 9.17) is 5.11 Å². The number of carbonyl (C=O) groups is 2. The Morgan fingerprint density at radius 3 is 2.82 bits per heavy atom. The fourth-order valence-corrected chi connectivity index (χ4v) is 0.582. The predicted octanol–water partition coefficient (Wildman–Crippen LogP) is -0.111. The van der Waals surface area contributed by atoms with Crippen LogP contribution in [0.1, 0.15) is 19.8 Å². The summed E-state index contributed by atoms with van der Waals surface area (Å²) >= 11 is 0. The van der Waals surface area contributed by atoms with Gasteiger partial charge in [0.2, 0.25) is 0 Å². The highest BCUT2D eigenvalue weighted by Gasteiger charge is 2.14. The van der Waals surface area contributed by atoms with Crippen molar-refractivity contribution in [3.05, 3.63) is 0 Å². The molecular formula is C7H12O4. The van der Waals surface area contributed by atoms with E-state index in [1.807, 2.05) is 0 Å². The molecule has 0 saturated heterocycles. The van der Waals surface area contributed by atoms with Crippen LogP contribution in [0, 0.1) is 0 Å². The monoisotopic (exact) mass is 160 g/mol. The Kier molecular flexibility index (Phi) is 5.37. The van der Waals surface area contributed by atoms with Crippen LogP contribution in [0.2, 0.25) is 0 Å². The molecular weight excluding hydrogens is 148 g/mol. The van der Waals surface area contributed by atoms with Gasteiger partial charge in [-0.1, -0.05) is 0 Å². The molecule has 1 unspecified atom stereocenters. The first kappa shape index (κ1) is 10.1. The smallest absolute Gasteiger partial charge is 0.334 e. The SMILES string of the molecule is CCOC(=O)C(O)CCC=O. The van der Waals surface area contributed by atoms with Gasteiger partial charge in [0.1, 0.15) is 6.29 Å². The molecule has 0 bridgehead atoms. The largest absolute Gasteiger partial charge is 0.464 e. The number of aldehydes is 1. The van der Waals surface area contributed by atoms with E-state index >= 15 is 0 Å². The molecule has 0 saturated carbocycles. The van der Waals surface area contributed by atoms with Crippen molar-refractivity contribution in [3.8, 4) is 0 Å². The molecule has 0 spiro atoms. The Bertz CT molecular complexity index is 132. The van der Waals surface area contributed by atoms with Crippen molar-refractivity contribution in [2.24, 2.45) is 0 Å². The lowest BCUT2D eigenvalue weighted by atomic mass is 10.2. The minimum Gasteiger partial charge on any atom is -0.464 e. The average Bonchev–Trinajstić information content (AvgIpc) is 2.00. The van der Waals surface area contributed by atoms with Gasteiger partial charge >= 0.3 is 5.97 Å². The van der Waals surface area contributed by atoms with Gasteiger partial charge in [-0.3, -0.25) is 0 Å². The van der Waals surface area contributed by atoms with E-state index in [0.29, 0.717) is 6.29 Å². The van der Waals surface area contributed by atoms with E-state index in [1.165, 1.54) is 0 Å². The van der Waals surface area contributed by atoms with Gasteiger partial charge in [0.25, 0.3) is 0 Å². The molecule has 1 atom stereocenters. The Morgan fingerprint density at radius 2 is 2.36 bits per heavy atom. The number of hydrogen-bond donors (Lipinski definition) is 1. The fraction of sp³-hybridized carbons (Fsp3) is 0.714. The molecule has 0 aromatic carbocycles. The minimum atomic E-state index is -1.15. The fourth-order valence-electron chi connectivity index (χ4n) is 0.582. The van der Waals surface area contributed by atoms with Crippen molar-refractivity contribution in [2.45, 2.75) is 25.9 Å². The highest BCUT2D eigenvalue weighted by Crippen LogP contribution is 1.97. The third-order valence-corrected chi connectivity index (χ3v) is 1.12. The van der Waals surface area contributed by atoms with Crippen molar-refractivity contribution < 1.29 is 19.4 Å². The first-order chi connectivity index (χ1) is 5.22. The molecule has 0 heterocycles. The van der Waals surface area contributed by atoms with E-state index in [9.17, 15) is 9.59 Å². The number of aliphatic hydroxyl groups is 1. The third-order valence-electron chi connectivity index (χ3n) is 1.12. The first-order valence-corrected chi connectivity index (χ1v) is 3.50. The number of rotatable bonds is 5. The standard InChI is InChI=1S/C7H12O4/c1-2-11-7(10)6(9)4-3-5-8/h5-6,9H,2-4H2,1H3. The normalized spacial score (nSPS) is 12.2. The van der Waals surface area contributed by atoms with Crippen LogP contribution in [0.5, 0.6) is 0 Å². The summed E-state index contributed by atoms with van der Waals surface area (Å²) in [5, 5.41) is 8.95. The summed E-state index contributed by atoms with van der Waals surface area (Å²) in [7, 11) is 0. The maximum atomic E-state index is 10.7. The minimum absolute atomic E-state index is 0.141. The molecule has 0 aliphatic rings. The molecule has 11 heavy (non-hydrogen) atoms. The van der Waals surface area contributed by atoms with Crippen LogP contribution in [0.3, 0.4) is 0 Å². The van der Waals surface area contributed by atoms with Gasteiger partial charge in [-0.15, -0.1) is 0 Å². The Hall–Kier alpha value is -0.900. The van der Waals surface area contributed by atoms with E-state index in [2.05, 4.69) is 4.74 Å². The van der Waals surface area contributed by atoms with Crippen molar-refractivity contribution in [1.29, 1.82) is 0 Å². The van der Waals surface area contributed by atoms with Gasteiger partial charge in [-0.25, -0.2) is 4.79 Å². The van der Waals surface area contributed by atoms with Crippen molar-refractivity contribution in [3.63, 3.8) is 0 Å². The van der Waals surface area contributed by atoms with Crippen LogP contribution in [0.15, 0.2) is 0 Å². The lowest BCUT2D eigenvalue weighted by Crippen LogP contribution is -2.22. The lowest BCUT2D eigenvalue weighted by molar-refractivity contribution is -0.153. The van der Waals surface area contributed by atoms with Gasteiger partial charge in [-0.2, -0.15) is 0 Å². The number of esters is 1. The number of hydrogen-bond acceptors (Lipinski definition) is 4. The predicted molar refractivity (Wildman–Crippen MR) is 37.9 cm³/mol. The van der Waals surface area contributed by atoms with E-state index in [0.717, 1.165) is 0 Å². The summed E-state index contributed by atoms with van der Waals surface area (Å²) in [4.78, 5) is 20.5. The van der Waals surface area contributed by atoms with Crippen molar-refractivity contribution in [2.75, 3.05) is 6.61 Å². The Labute approximate surface area is 65.2 Å². The average molecular weight is 160 g/mol. The third kappa shape index (κ3) is 4.50. The zero-order valence-corrected chi connectivity index (χ0v) is 6.45. The summed E-state index contributed by atoms with van der Waals surface area (Å²) in [6, 6.07) is 0. The lowest BCUT2D eigenvalue weighted by Gasteiger charge is -2.06. The molecule has 0 fully saturated rings. The maximum absolute atomic E-state index is 10.7. The Balaban J connectivity index is 3.54. The zero-order chi connectivity index (χ0) is 8.69.